The summed E-state index contributed by atoms with van der Waals surface area (Å²) in [6.07, 6.45) is 3.85. The minimum absolute atomic E-state index is 0.424. The van der Waals surface area contributed by atoms with Gasteiger partial charge in [0.15, 0.2) is 10.6 Å². The van der Waals surface area contributed by atoms with Gasteiger partial charge in [-0.2, -0.15) is 0 Å². The summed E-state index contributed by atoms with van der Waals surface area (Å²) < 4.78 is 13.3. The molecule has 0 amide bonds. The van der Waals surface area contributed by atoms with Crippen LogP contribution >= 0.6 is 11.3 Å². The highest BCUT2D eigenvalue weighted by Crippen LogP contribution is 2.29. The first kappa shape index (κ1) is 22.7. The van der Waals surface area contributed by atoms with Gasteiger partial charge in [-0.1, -0.05) is 78.0 Å². The minimum atomic E-state index is -0.424. The Labute approximate surface area is 216 Å². The molecule has 6 rings (SSSR count). The number of hydrogen-bond donors (Lipinski definition) is 0. The third-order valence-electron chi connectivity index (χ3n) is 5.91. The molecular formula is C30H21N3O3S. The van der Waals surface area contributed by atoms with Crippen LogP contribution in [0.1, 0.15) is 17.0 Å². The van der Waals surface area contributed by atoms with Crippen molar-refractivity contribution in [3.63, 3.8) is 0 Å². The zero-order valence-corrected chi connectivity index (χ0v) is 20.7. The number of benzene rings is 3. The Kier molecular flexibility index (Phi) is 5.96. The number of rotatable bonds is 5. The lowest BCUT2D eigenvalue weighted by Gasteiger charge is -2.09. The molecule has 0 saturated carbocycles. The third kappa shape index (κ3) is 4.48. The fourth-order valence-corrected chi connectivity index (χ4v) is 5.05. The third-order valence-corrected chi connectivity index (χ3v) is 6.74. The Hall–Kier alpha value is -4.75. The van der Waals surface area contributed by atoms with E-state index in [-0.39, 0.29) is 0 Å². The van der Waals surface area contributed by atoms with Gasteiger partial charge in [0.2, 0.25) is 0 Å². The molecule has 7 heteroatoms. The fourth-order valence-electron chi connectivity index (χ4n) is 4.15. The van der Waals surface area contributed by atoms with Crippen molar-refractivity contribution in [3.05, 3.63) is 129 Å². The zero-order valence-electron chi connectivity index (χ0n) is 19.9. The first-order valence-electron chi connectivity index (χ1n) is 11.7. The van der Waals surface area contributed by atoms with Crippen molar-refractivity contribution in [2.24, 2.45) is 4.99 Å². The summed E-state index contributed by atoms with van der Waals surface area (Å²) in [7, 11) is 0. The molecular weight excluding hydrogens is 482 g/mol. The monoisotopic (exact) mass is 503 g/mol. The van der Waals surface area contributed by atoms with Crippen LogP contribution in [0.2, 0.25) is 0 Å². The second-order valence-corrected chi connectivity index (χ2v) is 9.23. The summed E-state index contributed by atoms with van der Waals surface area (Å²) >= 11 is 1.43. The van der Waals surface area contributed by atoms with Gasteiger partial charge in [0, 0.05) is 10.8 Å². The van der Waals surface area contributed by atoms with Crippen molar-refractivity contribution in [2.45, 2.75) is 6.92 Å². The largest absolute Gasteiger partial charge is 0.422 e. The molecule has 0 fully saturated rings. The van der Waals surface area contributed by atoms with Crippen molar-refractivity contribution in [1.82, 2.24) is 9.72 Å². The molecule has 6 aromatic rings. The average Bonchev–Trinajstić information content (AvgIpc) is 3.50. The maximum Gasteiger partial charge on any atom is 0.345 e. The number of aromatic nitrogens is 2. The van der Waals surface area contributed by atoms with Crippen LogP contribution in [0, 0.1) is 6.92 Å². The second kappa shape index (κ2) is 9.72. The highest BCUT2D eigenvalue weighted by molar-refractivity contribution is 7.07. The van der Waals surface area contributed by atoms with Crippen molar-refractivity contribution < 1.29 is 8.94 Å². The maximum atomic E-state index is 13.1. The van der Waals surface area contributed by atoms with Gasteiger partial charge in [-0.3, -0.25) is 4.57 Å². The van der Waals surface area contributed by atoms with E-state index in [0.717, 1.165) is 16.6 Å². The summed E-state index contributed by atoms with van der Waals surface area (Å²) in [5, 5.41) is 7.01. The topological polar surface area (TPSA) is 73.5 Å². The van der Waals surface area contributed by atoms with Gasteiger partial charge in [-0.15, -0.1) is 11.3 Å². The first-order valence-corrected chi connectivity index (χ1v) is 12.6. The van der Waals surface area contributed by atoms with Crippen molar-refractivity contribution >= 4 is 40.1 Å². The highest BCUT2D eigenvalue weighted by atomic mass is 32.1. The molecule has 3 heterocycles. The van der Waals surface area contributed by atoms with Crippen LogP contribution in [0.4, 0.5) is 5.69 Å². The van der Waals surface area contributed by atoms with Crippen LogP contribution in [0.25, 0.3) is 40.1 Å². The van der Waals surface area contributed by atoms with Crippen LogP contribution in [-0.2, 0) is 0 Å². The molecule has 0 spiro atoms. The predicted octanol–water partition coefficient (Wildman–Crippen LogP) is 7.01. The van der Waals surface area contributed by atoms with Gasteiger partial charge in [-0.25, -0.2) is 9.79 Å². The van der Waals surface area contributed by atoms with E-state index >= 15 is 0 Å². The molecule has 3 aromatic carbocycles. The highest BCUT2D eigenvalue weighted by Gasteiger charge is 2.21. The van der Waals surface area contributed by atoms with Crippen molar-refractivity contribution in [2.75, 3.05) is 0 Å². The molecule has 0 aliphatic rings. The summed E-state index contributed by atoms with van der Waals surface area (Å²) in [5.41, 5.74) is 4.42. The van der Waals surface area contributed by atoms with E-state index < -0.39 is 5.63 Å². The molecule has 0 unspecified atom stereocenters. The van der Waals surface area contributed by atoms with Crippen LogP contribution in [0.3, 0.4) is 0 Å². The molecule has 0 N–H and O–H groups in total. The number of hydrogen-bond acceptors (Lipinski definition) is 6. The minimum Gasteiger partial charge on any atom is -0.422 e. The summed E-state index contributed by atoms with van der Waals surface area (Å²) in [6, 6.07) is 29.0. The number of para-hydroxylation sites is 2. The molecule has 6 nitrogen and oxygen atoms in total. The smallest absolute Gasteiger partial charge is 0.345 e. The molecule has 3 aromatic heterocycles. The lowest BCUT2D eigenvalue weighted by atomic mass is 10.1. The number of fused-ring (bicyclic) bond motifs is 1. The maximum absolute atomic E-state index is 13.1. The van der Waals surface area contributed by atoms with Crippen LogP contribution in [0.5, 0.6) is 0 Å². The SMILES string of the molecule is Cc1noc(/C=C/c2ccccc2)c1-n1c(-c2cc3ccccc3oc2=O)csc1=Nc1ccccc1. The van der Waals surface area contributed by atoms with E-state index in [0.29, 0.717) is 38.8 Å². The van der Waals surface area contributed by atoms with Gasteiger partial charge in [0.25, 0.3) is 0 Å². The molecule has 0 aliphatic carbocycles. The Morgan fingerprint density at radius 3 is 2.46 bits per heavy atom. The summed E-state index contributed by atoms with van der Waals surface area (Å²) in [6.45, 7) is 1.88. The fraction of sp³-hybridized carbons (Fsp3) is 0.0333. The van der Waals surface area contributed by atoms with E-state index in [1.54, 1.807) is 6.07 Å². The van der Waals surface area contributed by atoms with Crippen molar-refractivity contribution in [3.8, 4) is 16.9 Å². The molecule has 180 valence electrons. The molecule has 0 radical (unpaired) electrons. The summed E-state index contributed by atoms with van der Waals surface area (Å²) in [4.78, 5) is 18.7. The first-order chi connectivity index (χ1) is 18.2. The van der Waals surface area contributed by atoms with Gasteiger partial charge in [-0.05, 0) is 42.8 Å². The number of thiazole rings is 1. The van der Waals surface area contributed by atoms with Gasteiger partial charge in [0.05, 0.1) is 16.9 Å². The summed E-state index contributed by atoms with van der Waals surface area (Å²) in [5.74, 6) is 0.556. The Balaban J connectivity index is 1.60. The molecule has 37 heavy (non-hydrogen) atoms. The number of aryl methyl sites for hydroxylation is 1. The van der Waals surface area contributed by atoms with Crippen molar-refractivity contribution in [1.29, 1.82) is 0 Å². The lowest BCUT2D eigenvalue weighted by Crippen LogP contribution is -2.17. The predicted molar refractivity (Wildman–Crippen MR) is 147 cm³/mol. The van der Waals surface area contributed by atoms with Gasteiger partial charge < -0.3 is 8.94 Å². The lowest BCUT2D eigenvalue weighted by molar-refractivity contribution is 0.408. The van der Waals surface area contributed by atoms with E-state index in [1.807, 2.05) is 114 Å². The standard InChI is InChI=1S/C30H21N3O3S/c1-20-28(27(36-32-20)17-16-21-10-4-2-5-11-21)33-25(19-37-30(33)31-23-13-6-3-7-14-23)24-18-22-12-8-9-15-26(22)35-29(24)34/h2-19H,1H3/b17-16+,31-30?. The van der Waals surface area contributed by atoms with Crippen LogP contribution < -0.4 is 10.4 Å². The van der Waals surface area contributed by atoms with E-state index in [9.17, 15) is 4.79 Å². The van der Waals surface area contributed by atoms with Crippen LogP contribution in [-0.4, -0.2) is 9.72 Å². The number of nitrogens with zero attached hydrogens (tertiary/aromatic N) is 3. The molecule has 0 bridgehead atoms. The molecule has 0 atom stereocenters. The Morgan fingerprint density at radius 2 is 1.65 bits per heavy atom. The molecule has 0 aliphatic heterocycles. The van der Waals surface area contributed by atoms with E-state index in [2.05, 4.69) is 5.16 Å². The van der Waals surface area contributed by atoms with Gasteiger partial charge in [0.1, 0.15) is 17.0 Å². The van der Waals surface area contributed by atoms with E-state index in [4.69, 9.17) is 13.9 Å². The van der Waals surface area contributed by atoms with Crippen LogP contribution in [0.15, 0.2) is 115 Å². The average molecular weight is 504 g/mol. The normalized spacial score (nSPS) is 12.1. The molecule has 0 saturated heterocycles. The zero-order chi connectivity index (χ0) is 25.2. The Bertz CT molecular complexity index is 1860. The van der Waals surface area contributed by atoms with E-state index in [1.165, 1.54) is 11.3 Å². The second-order valence-electron chi connectivity index (χ2n) is 8.40. The Morgan fingerprint density at radius 1 is 0.919 bits per heavy atom. The van der Waals surface area contributed by atoms with Gasteiger partial charge >= 0.3 is 5.63 Å². The quantitative estimate of drug-likeness (QED) is 0.237.